The van der Waals surface area contributed by atoms with E-state index in [1.165, 1.54) is 32.4 Å². The molecule has 0 saturated carbocycles. The smallest absolute Gasteiger partial charge is 0.222 e. The molecular formula is C14H22ClN5. The van der Waals surface area contributed by atoms with E-state index in [1.54, 1.807) is 0 Å². The van der Waals surface area contributed by atoms with E-state index in [0.717, 1.165) is 24.6 Å². The predicted octanol–water partition coefficient (Wildman–Crippen LogP) is 1.94. The molecule has 0 radical (unpaired) electrons. The second kappa shape index (κ2) is 5.04. The standard InChI is InChI=1S/C14H22ClN5/c1-10-11(15)12(18-13(16)17-10)20-8-5-14(9-20)3-6-19(2)7-4-14/h3-9H2,1-2H3,(H2,16,17,18). The Balaban J connectivity index is 1.81. The second-order valence-electron chi connectivity index (χ2n) is 6.28. The zero-order valence-corrected chi connectivity index (χ0v) is 12.9. The van der Waals surface area contributed by atoms with Crippen LogP contribution < -0.4 is 10.6 Å². The zero-order chi connectivity index (χ0) is 14.3. The van der Waals surface area contributed by atoms with E-state index in [4.69, 9.17) is 17.3 Å². The molecule has 2 saturated heterocycles. The molecule has 1 aromatic heterocycles. The molecule has 2 N–H and O–H groups in total. The highest BCUT2D eigenvalue weighted by Crippen LogP contribution is 2.42. The Kier molecular flexibility index (Phi) is 3.50. The zero-order valence-electron chi connectivity index (χ0n) is 12.2. The van der Waals surface area contributed by atoms with Crippen LogP contribution in [-0.2, 0) is 0 Å². The fourth-order valence-electron chi connectivity index (χ4n) is 3.39. The third-order valence-corrected chi connectivity index (χ3v) is 5.24. The lowest BCUT2D eigenvalue weighted by Gasteiger charge is -2.37. The van der Waals surface area contributed by atoms with Crippen LogP contribution in [0.2, 0.25) is 5.02 Å². The van der Waals surface area contributed by atoms with Gasteiger partial charge in [-0.2, -0.15) is 4.98 Å². The molecule has 110 valence electrons. The van der Waals surface area contributed by atoms with Crippen molar-refractivity contribution < 1.29 is 0 Å². The van der Waals surface area contributed by atoms with Crippen molar-refractivity contribution in [3.8, 4) is 0 Å². The molecule has 20 heavy (non-hydrogen) atoms. The lowest BCUT2D eigenvalue weighted by molar-refractivity contribution is 0.142. The number of nitrogens with zero attached hydrogens (tertiary/aromatic N) is 4. The molecule has 5 nitrogen and oxygen atoms in total. The van der Waals surface area contributed by atoms with Gasteiger partial charge in [0.1, 0.15) is 5.02 Å². The SMILES string of the molecule is Cc1nc(N)nc(N2CCC3(CCN(C)CC3)C2)c1Cl. The van der Waals surface area contributed by atoms with Gasteiger partial charge in [-0.3, -0.25) is 0 Å². The van der Waals surface area contributed by atoms with Crippen LogP contribution >= 0.6 is 11.6 Å². The van der Waals surface area contributed by atoms with E-state index in [1.807, 2.05) is 6.92 Å². The summed E-state index contributed by atoms with van der Waals surface area (Å²) in [5.41, 5.74) is 6.97. The number of likely N-dealkylation sites (tertiary alicyclic amines) is 1. The molecule has 0 unspecified atom stereocenters. The van der Waals surface area contributed by atoms with Crippen molar-refractivity contribution in [3.63, 3.8) is 0 Å². The summed E-state index contributed by atoms with van der Waals surface area (Å²) < 4.78 is 0. The number of piperidine rings is 1. The summed E-state index contributed by atoms with van der Waals surface area (Å²) in [6, 6.07) is 0. The van der Waals surface area contributed by atoms with Crippen molar-refractivity contribution in [1.29, 1.82) is 0 Å². The average molecular weight is 296 g/mol. The van der Waals surface area contributed by atoms with Gasteiger partial charge in [0.05, 0.1) is 5.69 Å². The molecule has 3 rings (SSSR count). The molecule has 2 fully saturated rings. The van der Waals surface area contributed by atoms with Gasteiger partial charge in [-0.25, -0.2) is 4.98 Å². The van der Waals surface area contributed by atoms with Gasteiger partial charge in [0, 0.05) is 13.1 Å². The minimum Gasteiger partial charge on any atom is -0.368 e. The number of hydrogen-bond acceptors (Lipinski definition) is 5. The van der Waals surface area contributed by atoms with Crippen molar-refractivity contribution in [2.75, 3.05) is 43.9 Å². The minimum absolute atomic E-state index is 0.311. The maximum Gasteiger partial charge on any atom is 0.222 e. The molecule has 6 heteroatoms. The van der Waals surface area contributed by atoms with E-state index in [0.29, 0.717) is 16.4 Å². The lowest BCUT2D eigenvalue weighted by atomic mass is 9.78. The molecule has 1 aromatic rings. The van der Waals surface area contributed by atoms with Gasteiger partial charge in [0.15, 0.2) is 5.82 Å². The number of aromatic nitrogens is 2. The summed E-state index contributed by atoms with van der Waals surface area (Å²) >= 11 is 6.37. The van der Waals surface area contributed by atoms with E-state index in [9.17, 15) is 0 Å². The van der Waals surface area contributed by atoms with Crippen LogP contribution in [0, 0.1) is 12.3 Å². The van der Waals surface area contributed by atoms with E-state index < -0.39 is 0 Å². The summed E-state index contributed by atoms with van der Waals surface area (Å²) in [4.78, 5) is 13.2. The van der Waals surface area contributed by atoms with E-state index in [-0.39, 0.29) is 0 Å². The van der Waals surface area contributed by atoms with Gasteiger partial charge in [0.2, 0.25) is 5.95 Å². The summed E-state index contributed by atoms with van der Waals surface area (Å²) in [5.74, 6) is 1.12. The fourth-order valence-corrected chi connectivity index (χ4v) is 3.60. The Bertz CT molecular complexity index is 511. The highest BCUT2D eigenvalue weighted by Gasteiger charge is 2.41. The van der Waals surface area contributed by atoms with Gasteiger partial charge in [-0.15, -0.1) is 0 Å². The molecule has 0 aromatic carbocycles. The maximum absolute atomic E-state index is 6.37. The number of nitrogen functional groups attached to an aromatic ring is 1. The summed E-state index contributed by atoms with van der Waals surface area (Å²) in [5, 5.41) is 0.643. The first-order valence-electron chi connectivity index (χ1n) is 7.22. The Labute approximate surface area is 125 Å². The topological polar surface area (TPSA) is 58.3 Å². The van der Waals surface area contributed by atoms with Crippen LogP contribution in [0.1, 0.15) is 25.0 Å². The van der Waals surface area contributed by atoms with Gasteiger partial charge in [0.25, 0.3) is 0 Å². The third-order valence-electron chi connectivity index (χ3n) is 4.80. The van der Waals surface area contributed by atoms with Crippen LogP contribution in [0.25, 0.3) is 0 Å². The molecule has 1 spiro atoms. The predicted molar refractivity (Wildman–Crippen MR) is 82.2 cm³/mol. The first kappa shape index (κ1) is 13.9. The number of rotatable bonds is 1. The van der Waals surface area contributed by atoms with Crippen molar-refractivity contribution >= 4 is 23.4 Å². The quantitative estimate of drug-likeness (QED) is 0.858. The average Bonchev–Trinajstić information content (AvgIpc) is 2.82. The van der Waals surface area contributed by atoms with Gasteiger partial charge < -0.3 is 15.5 Å². The Morgan fingerprint density at radius 3 is 2.50 bits per heavy atom. The molecule has 0 amide bonds. The fraction of sp³-hybridized carbons (Fsp3) is 0.714. The van der Waals surface area contributed by atoms with Gasteiger partial charge in [-0.1, -0.05) is 11.6 Å². The molecule has 0 aliphatic carbocycles. The third kappa shape index (κ3) is 2.44. The summed E-state index contributed by atoms with van der Waals surface area (Å²) in [6.45, 7) is 6.31. The largest absolute Gasteiger partial charge is 0.368 e. The normalized spacial score (nSPS) is 22.6. The molecule has 2 aliphatic heterocycles. The molecule has 2 aliphatic rings. The van der Waals surface area contributed by atoms with Gasteiger partial charge in [-0.05, 0) is 51.7 Å². The van der Waals surface area contributed by atoms with Crippen LogP contribution in [-0.4, -0.2) is 48.1 Å². The highest BCUT2D eigenvalue weighted by molar-refractivity contribution is 6.33. The monoisotopic (exact) mass is 295 g/mol. The number of anilines is 2. The Morgan fingerprint density at radius 2 is 1.80 bits per heavy atom. The number of halogens is 1. The first-order valence-corrected chi connectivity index (χ1v) is 7.60. The van der Waals surface area contributed by atoms with Crippen LogP contribution in [0.3, 0.4) is 0 Å². The molecule has 3 heterocycles. The van der Waals surface area contributed by atoms with Crippen LogP contribution in [0.4, 0.5) is 11.8 Å². The van der Waals surface area contributed by atoms with Gasteiger partial charge >= 0.3 is 0 Å². The van der Waals surface area contributed by atoms with Crippen molar-refractivity contribution in [2.24, 2.45) is 5.41 Å². The Morgan fingerprint density at radius 1 is 1.15 bits per heavy atom. The van der Waals surface area contributed by atoms with Crippen molar-refractivity contribution in [1.82, 2.24) is 14.9 Å². The first-order chi connectivity index (χ1) is 9.49. The number of hydrogen-bond donors (Lipinski definition) is 1. The lowest BCUT2D eigenvalue weighted by Crippen LogP contribution is -2.39. The summed E-state index contributed by atoms with van der Waals surface area (Å²) in [7, 11) is 2.20. The van der Waals surface area contributed by atoms with Crippen molar-refractivity contribution in [2.45, 2.75) is 26.2 Å². The van der Waals surface area contributed by atoms with E-state index >= 15 is 0 Å². The highest BCUT2D eigenvalue weighted by atomic mass is 35.5. The molecule has 0 atom stereocenters. The second-order valence-corrected chi connectivity index (χ2v) is 6.66. The minimum atomic E-state index is 0.311. The summed E-state index contributed by atoms with van der Waals surface area (Å²) in [6.07, 6.45) is 3.74. The van der Waals surface area contributed by atoms with Crippen LogP contribution in [0.15, 0.2) is 0 Å². The maximum atomic E-state index is 6.37. The number of nitrogens with two attached hydrogens (primary N) is 1. The Hall–Kier alpha value is -1.07. The molecule has 0 bridgehead atoms. The van der Waals surface area contributed by atoms with Crippen molar-refractivity contribution in [3.05, 3.63) is 10.7 Å². The van der Waals surface area contributed by atoms with E-state index in [2.05, 4.69) is 26.8 Å². The number of aryl methyl sites for hydroxylation is 1. The molecular weight excluding hydrogens is 274 g/mol. The van der Waals surface area contributed by atoms with Crippen LogP contribution in [0.5, 0.6) is 0 Å².